The summed E-state index contributed by atoms with van der Waals surface area (Å²) in [5.41, 5.74) is 7.82. The lowest BCUT2D eigenvalue weighted by molar-refractivity contribution is 0.980. The molecule has 0 aliphatic carbocycles. The molecule has 0 amide bonds. The van der Waals surface area contributed by atoms with E-state index < -0.39 is 0 Å². The van der Waals surface area contributed by atoms with Crippen molar-refractivity contribution in [1.29, 1.82) is 0 Å². The van der Waals surface area contributed by atoms with E-state index in [-0.39, 0.29) is 0 Å². The topological polar surface area (TPSA) is 17.3 Å². The van der Waals surface area contributed by atoms with Gasteiger partial charge in [0.05, 0.1) is 11.2 Å². The molecule has 0 aliphatic rings. The highest BCUT2D eigenvalue weighted by atomic mass is 15.2. The van der Waals surface area contributed by atoms with Crippen LogP contribution in [-0.2, 0) is 0 Å². The molecule has 2 aromatic heterocycles. The summed E-state index contributed by atoms with van der Waals surface area (Å²) in [4.78, 5) is 0. The van der Waals surface area contributed by atoms with Crippen molar-refractivity contribution in [2.24, 2.45) is 0 Å². The van der Waals surface area contributed by atoms with Gasteiger partial charge >= 0.3 is 0 Å². The molecule has 6 aromatic carbocycles. The first-order chi connectivity index (χ1) is 19.4. The maximum atomic E-state index is 5.46. The third-order valence-electron chi connectivity index (χ3n) is 7.78. The van der Waals surface area contributed by atoms with Gasteiger partial charge in [-0.1, -0.05) is 133 Å². The SMILES string of the molecule is c1ccc(-c2c(-c3cc4ccccc4c4ccccc34)nn3c(-c4ccccc4)cc4ccccc4c23)cc1. The lowest BCUT2D eigenvalue weighted by Crippen LogP contribution is -1.95. The zero-order chi connectivity index (χ0) is 25.8. The van der Waals surface area contributed by atoms with Gasteiger partial charge in [0.1, 0.15) is 5.69 Å². The number of fused-ring (bicyclic) bond motifs is 6. The second-order valence-corrected chi connectivity index (χ2v) is 10.0. The van der Waals surface area contributed by atoms with E-state index in [0.29, 0.717) is 0 Å². The first kappa shape index (κ1) is 21.8. The molecule has 0 saturated carbocycles. The van der Waals surface area contributed by atoms with Crippen molar-refractivity contribution < 1.29 is 0 Å². The Balaban J connectivity index is 1.60. The minimum Gasteiger partial charge on any atom is -0.231 e. The molecule has 0 bridgehead atoms. The van der Waals surface area contributed by atoms with E-state index in [1.807, 2.05) is 0 Å². The number of pyridine rings is 1. The van der Waals surface area contributed by atoms with E-state index in [4.69, 9.17) is 5.10 Å². The van der Waals surface area contributed by atoms with Crippen LogP contribution < -0.4 is 0 Å². The number of benzene rings is 6. The Labute approximate surface area is 226 Å². The van der Waals surface area contributed by atoms with Gasteiger partial charge in [-0.2, -0.15) is 5.10 Å². The van der Waals surface area contributed by atoms with E-state index in [1.54, 1.807) is 0 Å². The van der Waals surface area contributed by atoms with Crippen molar-refractivity contribution in [3.63, 3.8) is 0 Å². The summed E-state index contributed by atoms with van der Waals surface area (Å²) in [7, 11) is 0. The normalized spacial score (nSPS) is 11.6. The van der Waals surface area contributed by atoms with Crippen LogP contribution in [-0.4, -0.2) is 9.61 Å². The first-order valence-electron chi connectivity index (χ1n) is 13.3. The second-order valence-electron chi connectivity index (χ2n) is 10.0. The van der Waals surface area contributed by atoms with Crippen LogP contribution in [0.5, 0.6) is 0 Å². The molecular formula is C37H24N2. The second kappa shape index (κ2) is 8.68. The molecule has 8 aromatic rings. The van der Waals surface area contributed by atoms with Gasteiger partial charge in [0, 0.05) is 22.1 Å². The molecule has 0 spiro atoms. The average molecular weight is 497 g/mol. The predicted molar refractivity (Wildman–Crippen MR) is 164 cm³/mol. The minimum absolute atomic E-state index is 0.997. The molecule has 0 radical (unpaired) electrons. The van der Waals surface area contributed by atoms with Gasteiger partial charge in [0.2, 0.25) is 0 Å². The first-order valence-corrected chi connectivity index (χ1v) is 13.3. The summed E-state index contributed by atoms with van der Waals surface area (Å²) in [6, 6.07) is 51.9. The zero-order valence-corrected chi connectivity index (χ0v) is 21.3. The molecule has 0 fully saturated rings. The summed E-state index contributed by atoms with van der Waals surface area (Å²) >= 11 is 0. The maximum Gasteiger partial charge on any atom is 0.102 e. The standard InChI is InChI=1S/C37H24N2/c1-3-13-25(14-4-1)34-24-28-18-8-10-20-30(28)37-35(26-15-5-2-6-16-26)36(38-39(34)37)33-23-27-17-7-9-19-29(27)31-21-11-12-22-32(31)33/h1-24H. The monoisotopic (exact) mass is 496 g/mol. The molecule has 0 unspecified atom stereocenters. The molecule has 2 nitrogen and oxygen atoms in total. The van der Waals surface area contributed by atoms with E-state index in [2.05, 4.69) is 150 Å². The zero-order valence-electron chi connectivity index (χ0n) is 21.3. The van der Waals surface area contributed by atoms with Gasteiger partial charge in [0.25, 0.3) is 0 Å². The predicted octanol–water partition coefficient (Wildman–Crippen LogP) is 9.79. The van der Waals surface area contributed by atoms with Crippen molar-refractivity contribution in [3.8, 4) is 33.6 Å². The summed E-state index contributed by atoms with van der Waals surface area (Å²) in [5.74, 6) is 0. The van der Waals surface area contributed by atoms with Crippen LogP contribution in [0.25, 0.3) is 71.5 Å². The highest BCUT2D eigenvalue weighted by Gasteiger charge is 2.23. The highest BCUT2D eigenvalue weighted by Crippen LogP contribution is 2.43. The molecule has 2 heterocycles. The smallest absolute Gasteiger partial charge is 0.102 e. The minimum atomic E-state index is 0.997. The maximum absolute atomic E-state index is 5.46. The van der Waals surface area contributed by atoms with E-state index >= 15 is 0 Å². The van der Waals surface area contributed by atoms with Crippen LogP contribution in [0.1, 0.15) is 0 Å². The molecule has 0 saturated heterocycles. The Morgan fingerprint density at radius 3 is 1.69 bits per heavy atom. The fraction of sp³-hybridized carbons (Fsp3) is 0. The van der Waals surface area contributed by atoms with Crippen LogP contribution in [0.15, 0.2) is 146 Å². The van der Waals surface area contributed by atoms with Crippen molar-refractivity contribution in [2.45, 2.75) is 0 Å². The van der Waals surface area contributed by atoms with Crippen molar-refractivity contribution in [1.82, 2.24) is 9.61 Å². The number of hydrogen-bond donors (Lipinski definition) is 0. The van der Waals surface area contributed by atoms with Gasteiger partial charge in [-0.3, -0.25) is 0 Å². The molecule has 182 valence electrons. The van der Waals surface area contributed by atoms with Crippen LogP contribution in [0, 0.1) is 0 Å². The summed E-state index contributed by atoms with van der Waals surface area (Å²) in [6.45, 7) is 0. The third-order valence-corrected chi connectivity index (χ3v) is 7.78. The van der Waals surface area contributed by atoms with Gasteiger partial charge < -0.3 is 0 Å². The van der Waals surface area contributed by atoms with Gasteiger partial charge in [0.15, 0.2) is 0 Å². The Bertz CT molecular complexity index is 2160. The Hall–Kier alpha value is -5.21. The van der Waals surface area contributed by atoms with Crippen molar-refractivity contribution in [2.75, 3.05) is 0 Å². The van der Waals surface area contributed by atoms with Crippen LogP contribution >= 0.6 is 0 Å². The lowest BCUT2D eigenvalue weighted by atomic mass is 9.92. The molecule has 0 atom stereocenters. The number of hydrogen-bond acceptors (Lipinski definition) is 1. The molecule has 2 heteroatoms. The number of aromatic nitrogens is 2. The lowest BCUT2D eigenvalue weighted by Gasteiger charge is -2.11. The van der Waals surface area contributed by atoms with Crippen LogP contribution in [0.3, 0.4) is 0 Å². The summed E-state index contributed by atoms with van der Waals surface area (Å²) in [6.07, 6.45) is 0. The average Bonchev–Trinajstić information content (AvgIpc) is 3.42. The highest BCUT2D eigenvalue weighted by molar-refractivity contribution is 6.16. The Kier molecular flexibility index (Phi) is 4.86. The van der Waals surface area contributed by atoms with Crippen molar-refractivity contribution >= 4 is 37.8 Å². The van der Waals surface area contributed by atoms with Gasteiger partial charge in [-0.25, -0.2) is 4.52 Å². The third kappa shape index (κ3) is 3.39. The van der Waals surface area contributed by atoms with Crippen LogP contribution in [0.4, 0.5) is 0 Å². The fourth-order valence-electron chi connectivity index (χ4n) is 6.02. The van der Waals surface area contributed by atoms with E-state index in [0.717, 1.165) is 39.2 Å². The van der Waals surface area contributed by atoms with Crippen molar-refractivity contribution in [3.05, 3.63) is 146 Å². The van der Waals surface area contributed by atoms with Gasteiger partial charge in [-0.05, 0) is 44.6 Å². The quantitative estimate of drug-likeness (QED) is 0.223. The number of rotatable bonds is 3. The molecule has 8 rings (SSSR count). The Morgan fingerprint density at radius 2 is 0.974 bits per heavy atom. The molecule has 39 heavy (non-hydrogen) atoms. The number of nitrogens with zero attached hydrogens (tertiary/aromatic N) is 2. The molecule has 0 aliphatic heterocycles. The summed E-state index contributed by atoms with van der Waals surface area (Å²) in [5, 5.41) is 12.8. The van der Waals surface area contributed by atoms with Crippen LogP contribution in [0.2, 0.25) is 0 Å². The van der Waals surface area contributed by atoms with Gasteiger partial charge in [-0.15, -0.1) is 0 Å². The summed E-state index contributed by atoms with van der Waals surface area (Å²) < 4.78 is 2.17. The largest absolute Gasteiger partial charge is 0.231 e. The van der Waals surface area contributed by atoms with E-state index in [9.17, 15) is 0 Å². The molecular weight excluding hydrogens is 472 g/mol. The van der Waals surface area contributed by atoms with E-state index in [1.165, 1.54) is 32.3 Å². The Morgan fingerprint density at radius 1 is 0.436 bits per heavy atom. The molecule has 0 N–H and O–H groups in total. The fourth-order valence-corrected chi connectivity index (χ4v) is 6.02.